The molecule has 1 aromatic carbocycles. The van der Waals surface area contributed by atoms with Crippen LogP contribution in [0.25, 0.3) is 10.9 Å². The van der Waals surface area contributed by atoms with Crippen molar-refractivity contribution in [1.29, 1.82) is 0 Å². The Balaban J connectivity index is 1.000. The molecule has 44 heavy (non-hydrogen) atoms. The summed E-state index contributed by atoms with van der Waals surface area (Å²) in [6.07, 6.45) is 6.15. The third-order valence-corrected chi connectivity index (χ3v) is 9.76. The third-order valence-electron chi connectivity index (χ3n) is 9.76. The molecule has 2 fully saturated rings. The summed E-state index contributed by atoms with van der Waals surface area (Å²) in [6.45, 7) is 8.95. The van der Waals surface area contributed by atoms with Crippen molar-refractivity contribution in [2.75, 3.05) is 19.6 Å². The molecule has 6 rings (SSSR count). The van der Waals surface area contributed by atoms with Crippen molar-refractivity contribution < 1.29 is 33.7 Å². The predicted octanol–water partition coefficient (Wildman–Crippen LogP) is 5.35. The molecule has 10 heteroatoms. The van der Waals surface area contributed by atoms with Gasteiger partial charge in [0, 0.05) is 55.5 Å². The Bertz CT molecular complexity index is 1500. The summed E-state index contributed by atoms with van der Waals surface area (Å²) < 4.78 is 17.5. The number of benzene rings is 1. The summed E-state index contributed by atoms with van der Waals surface area (Å²) in [6, 6.07) is 7.26. The van der Waals surface area contributed by atoms with Gasteiger partial charge in [-0.05, 0) is 62.0 Å². The number of furan rings is 1. The Morgan fingerprint density at radius 1 is 1.20 bits per heavy atom. The number of hydrogen-bond donors (Lipinski definition) is 4. The fraction of sp³-hybridized carbons (Fsp3) is 0.588. The number of aromatic amines is 1. The number of ether oxygens (including phenoxy) is 2. The van der Waals surface area contributed by atoms with Crippen molar-refractivity contribution >= 4 is 22.8 Å². The first-order valence-corrected chi connectivity index (χ1v) is 16.0. The molecule has 2 aromatic heterocycles. The molecule has 10 nitrogen and oxygen atoms in total. The predicted molar refractivity (Wildman–Crippen MR) is 165 cm³/mol. The maximum atomic E-state index is 12.8. The standard InChI is InChI=1S/C34H45N3O7/c1-21-18-37(13-9-26(21)38)14-12-34(41)10-7-23(8-11-34)35-32(40)44-30-15-24-25(36-30)5-4-6-28(24)42-19-22-20-43-29-17-33(2,3)16-27(39)31(22)29/h4-6,15,20-21,23,26,36,38,41H,7-14,16-19H2,1-3H3,(H,35,40)/t21-,23?,26-,34?/m0/s1. The van der Waals surface area contributed by atoms with Crippen LogP contribution < -0.4 is 14.8 Å². The number of Topliss-reactive ketones (excluding diaryl/α,β-unsaturated/α-hetero) is 1. The largest absolute Gasteiger partial charge is 0.488 e. The molecule has 3 heterocycles. The average Bonchev–Trinajstić information content (AvgIpc) is 3.57. The second kappa shape index (κ2) is 12.2. The van der Waals surface area contributed by atoms with E-state index in [1.54, 1.807) is 12.3 Å². The zero-order valence-electron chi connectivity index (χ0n) is 26.0. The molecular formula is C34H45N3O7. The van der Waals surface area contributed by atoms with Crippen LogP contribution in [0.4, 0.5) is 4.79 Å². The van der Waals surface area contributed by atoms with Crippen LogP contribution in [0.3, 0.4) is 0 Å². The van der Waals surface area contributed by atoms with Gasteiger partial charge < -0.3 is 39.3 Å². The number of hydrogen-bond acceptors (Lipinski definition) is 8. The highest BCUT2D eigenvalue weighted by Gasteiger charge is 2.36. The Morgan fingerprint density at radius 3 is 2.77 bits per heavy atom. The van der Waals surface area contributed by atoms with E-state index in [2.05, 4.69) is 36.0 Å². The van der Waals surface area contributed by atoms with E-state index >= 15 is 0 Å². The van der Waals surface area contributed by atoms with Gasteiger partial charge in [0.25, 0.3) is 0 Å². The van der Waals surface area contributed by atoms with Gasteiger partial charge in [-0.1, -0.05) is 26.8 Å². The minimum absolute atomic E-state index is 0.0645. The monoisotopic (exact) mass is 607 g/mol. The van der Waals surface area contributed by atoms with Gasteiger partial charge in [-0.25, -0.2) is 4.79 Å². The molecule has 1 amide bonds. The number of piperidine rings is 1. The average molecular weight is 608 g/mol. The first-order valence-electron chi connectivity index (χ1n) is 16.0. The van der Waals surface area contributed by atoms with E-state index < -0.39 is 11.7 Å². The van der Waals surface area contributed by atoms with Crippen LogP contribution in [-0.4, -0.2) is 69.4 Å². The number of H-pyrrole nitrogens is 1. The SMILES string of the molecule is C[C@H]1CN(CCC2(O)CCC(NC(=O)Oc3cc4c(OCc5coc6c5C(=O)CC(C)(C)C6)cccc4[nH]3)CC2)CC[C@@H]1O. The summed E-state index contributed by atoms with van der Waals surface area (Å²) in [5.74, 6) is 1.98. The van der Waals surface area contributed by atoms with Gasteiger partial charge in [0.05, 0.1) is 29.0 Å². The first-order chi connectivity index (χ1) is 21.0. The number of amides is 1. The van der Waals surface area contributed by atoms with Crippen molar-refractivity contribution in [3.05, 3.63) is 47.4 Å². The molecule has 0 unspecified atom stereocenters. The number of nitrogens with one attached hydrogen (secondary N) is 2. The number of ketones is 1. The van der Waals surface area contributed by atoms with Crippen molar-refractivity contribution in [1.82, 2.24) is 15.2 Å². The number of rotatable bonds is 8. The van der Waals surface area contributed by atoms with Gasteiger partial charge in [-0.3, -0.25) is 4.79 Å². The van der Waals surface area contributed by atoms with Gasteiger partial charge in [0.1, 0.15) is 18.1 Å². The summed E-state index contributed by atoms with van der Waals surface area (Å²) in [4.78, 5) is 31.0. The smallest absolute Gasteiger partial charge is 0.414 e. The Hall–Kier alpha value is -3.34. The van der Waals surface area contributed by atoms with Crippen LogP contribution >= 0.6 is 0 Å². The second-order valence-corrected chi connectivity index (χ2v) is 14.1. The van der Waals surface area contributed by atoms with E-state index in [0.717, 1.165) is 54.7 Å². The quantitative estimate of drug-likeness (QED) is 0.269. The lowest BCUT2D eigenvalue weighted by atomic mass is 9.76. The van der Waals surface area contributed by atoms with E-state index in [1.165, 1.54) is 0 Å². The summed E-state index contributed by atoms with van der Waals surface area (Å²) in [7, 11) is 0. The molecule has 3 aliphatic rings. The highest BCUT2D eigenvalue weighted by atomic mass is 16.6. The van der Waals surface area contributed by atoms with Crippen LogP contribution in [0.2, 0.25) is 0 Å². The van der Waals surface area contributed by atoms with Gasteiger partial charge in [-0.15, -0.1) is 0 Å². The molecule has 1 saturated heterocycles. The zero-order chi connectivity index (χ0) is 31.1. The lowest BCUT2D eigenvalue weighted by Crippen LogP contribution is -2.47. The molecule has 0 radical (unpaired) electrons. The van der Waals surface area contributed by atoms with Crippen LogP contribution in [0.5, 0.6) is 11.6 Å². The minimum Gasteiger partial charge on any atom is -0.488 e. The normalized spacial score (nSPS) is 27.2. The number of aromatic nitrogens is 1. The summed E-state index contributed by atoms with van der Waals surface area (Å²) in [5, 5.41) is 24.8. The number of aliphatic hydroxyl groups is 2. The molecule has 2 aliphatic carbocycles. The highest BCUT2D eigenvalue weighted by molar-refractivity contribution is 6.00. The number of carbonyl (C=O) groups is 2. The van der Waals surface area contributed by atoms with Gasteiger partial charge >= 0.3 is 6.09 Å². The minimum atomic E-state index is -0.728. The number of carbonyl (C=O) groups excluding carboxylic acids is 2. The van der Waals surface area contributed by atoms with E-state index in [-0.39, 0.29) is 35.9 Å². The molecule has 0 bridgehead atoms. The number of aliphatic hydroxyl groups excluding tert-OH is 1. The zero-order valence-corrected chi connectivity index (χ0v) is 26.0. The molecule has 2 atom stereocenters. The fourth-order valence-electron chi connectivity index (χ4n) is 7.10. The first kappa shape index (κ1) is 30.7. The van der Waals surface area contributed by atoms with Crippen LogP contribution in [0, 0.1) is 11.3 Å². The topological polar surface area (TPSA) is 137 Å². The molecule has 1 aliphatic heterocycles. The maximum absolute atomic E-state index is 12.8. The third kappa shape index (κ3) is 6.82. The fourth-order valence-corrected chi connectivity index (χ4v) is 7.10. The van der Waals surface area contributed by atoms with Crippen molar-refractivity contribution in [2.24, 2.45) is 11.3 Å². The van der Waals surface area contributed by atoms with Gasteiger partial charge in [0.15, 0.2) is 5.78 Å². The number of likely N-dealkylation sites (tertiary alicyclic amines) is 1. The molecular weight excluding hydrogens is 562 g/mol. The second-order valence-electron chi connectivity index (χ2n) is 14.1. The molecule has 0 spiro atoms. The van der Waals surface area contributed by atoms with E-state index in [0.29, 0.717) is 55.7 Å². The van der Waals surface area contributed by atoms with Gasteiger partial charge in [-0.2, -0.15) is 0 Å². The van der Waals surface area contributed by atoms with Crippen molar-refractivity contribution in [3.63, 3.8) is 0 Å². The van der Waals surface area contributed by atoms with Crippen molar-refractivity contribution in [2.45, 2.75) is 96.5 Å². The molecule has 238 valence electrons. The van der Waals surface area contributed by atoms with E-state index in [1.807, 2.05) is 18.2 Å². The maximum Gasteiger partial charge on any atom is 0.414 e. The lowest BCUT2D eigenvalue weighted by Gasteiger charge is -2.39. The lowest BCUT2D eigenvalue weighted by molar-refractivity contribution is -0.0271. The Labute approximate surface area is 258 Å². The summed E-state index contributed by atoms with van der Waals surface area (Å²) >= 11 is 0. The van der Waals surface area contributed by atoms with Crippen LogP contribution in [-0.2, 0) is 13.0 Å². The summed E-state index contributed by atoms with van der Waals surface area (Å²) in [5.41, 5.74) is 1.30. The molecule has 4 N–H and O–H groups in total. The number of nitrogens with zero attached hydrogens (tertiary/aromatic N) is 1. The van der Waals surface area contributed by atoms with Crippen molar-refractivity contribution in [3.8, 4) is 11.6 Å². The van der Waals surface area contributed by atoms with E-state index in [9.17, 15) is 19.8 Å². The number of fused-ring (bicyclic) bond motifs is 2. The van der Waals surface area contributed by atoms with E-state index in [4.69, 9.17) is 13.9 Å². The highest BCUT2D eigenvalue weighted by Crippen LogP contribution is 2.38. The van der Waals surface area contributed by atoms with Crippen LogP contribution in [0.15, 0.2) is 34.9 Å². The molecule has 1 saturated carbocycles. The molecule has 3 aromatic rings. The van der Waals surface area contributed by atoms with Crippen LogP contribution in [0.1, 0.15) is 87.4 Å². The van der Waals surface area contributed by atoms with Gasteiger partial charge in [0.2, 0.25) is 5.88 Å². The Kier molecular flexibility index (Phi) is 8.52. The Morgan fingerprint density at radius 2 is 2.00 bits per heavy atom.